The highest BCUT2D eigenvalue weighted by Crippen LogP contribution is 2.31. The first kappa shape index (κ1) is 11.4. The maximum absolute atomic E-state index is 9.96. The minimum Gasteiger partial charge on any atom is -0.391 e. The van der Waals surface area contributed by atoms with E-state index in [9.17, 15) is 5.11 Å². The topological polar surface area (TPSA) is 49.5 Å². The van der Waals surface area contributed by atoms with Crippen molar-refractivity contribution in [1.29, 1.82) is 0 Å². The molecule has 0 spiro atoms. The second kappa shape index (κ2) is 4.81. The summed E-state index contributed by atoms with van der Waals surface area (Å²) in [7, 11) is 0. The Morgan fingerprint density at radius 3 is 2.67 bits per heavy atom. The maximum Gasteiger partial charge on any atom is 0.0695 e. The summed E-state index contributed by atoms with van der Waals surface area (Å²) in [6.07, 6.45) is 5.76. The van der Waals surface area contributed by atoms with Gasteiger partial charge in [-0.15, -0.1) is 0 Å². The summed E-state index contributed by atoms with van der Waals surface area (Å²) in [5.74, 6) is 0.691. The van der Waals surface area contributed by atoms with Crippen molar-refractivity contribution in [3.05, 3.63) is 0 Å². The smallest absolute Gasteiger partial charge is 0.0695 e. The van der Waals surface area contributed by atoms with Gasteiger partial charge in [0.1, 0.15) is 0 Å². The number of likely N-dealkylation sites (tertiary alicyclic amines) is 1. The fraction of sp³-hybridized carbons (Fsp3) is 1.00. The van der Waals surface area contributed by atoms with Crippen LogP contribution in [-0.2, 0) is 0 Å². The molecule has 0 radical (unpaired) electrons. The van der Waals surface area contributed by atoms with Crippen molar-refractivity contribution < 1.29 is 5.11 Å². The molecule has 1 aliphatic carbocycles. The van der Waals surface area contributed by atoms with Crippen LogP contribution in [0.1, 0.15) is 39.0 Å². The molecule has 0 aromatic heterocycles. The van der Waals surface area contributed by atoms with Gasteiger partial charge in [-0.2, -0.15) is 0 Å². The van der Waals surface area contributed by atoms with E-state index in [1.54, 1.807) is 0 Å². The molecule has 2 aliphatic rings. The summed E-state index contributed by atoms with van der Waals surface area (Å²) in [6, 6.07) is 0.887. The van der Waals surface area contributed by atoms with E-state index in [-0.39, 0.29) is 6.10 Å². The quantitative estimate of drug-likeness (QED) is 0.717. The van der Waals surface area contributed by atoms with E-state index < -0.39 is 0 Å². The first-order valence-electron chi connectivity index (χ1n) is 6.38. The molecule has 0 bridgehead atoms. The van der Waals surface area contributed by atoms with Crippen LogP contribution < -0.4 is 5.73 Å². The Morgan fingerprint density at radius 1 is 1.27 bits per heavy atom. The predicted octanol–water partition coefficient (Wildman–Crippen LogP) is 0.959. The summed E-state index contributed by atoms with van der Waals surface area (Å²) in [5, 5.41) is 9.96. The highest BCUT2D eigenvalue weighted by Gasteiger charge is 2.37. The zero-order valence-electron chi connectivity index (χ0n) is 9.73. The van der Waals surface area contributed by atoms with Gasteiger partial charge in [-0.1, -0.05) is 6.92 Å². The Labute approximate surface area is 92.6 Å². The molecule has 3 nitrogen and oxygen atoms in total. The molecule has 0 aromatic carbocycles. The third-order valence-electron chi connectivity index (χ3n) is 4.27. The Bertz CT molecular complexity index is 208. The molecule has 15 heavy (non-hydrogen) atoms. The number of hydrogen-bond donors (Lipinski definition) is 2. The van der Waals surface area contributed by atoms with Crippen molar-refractivity contribution in [3.63, 3.8) is 0 Å². The van der Waals surface area contributed by atoms with Crippen molar-refractivity contribution in [1.82, 2.24) is 4.90 Å². The second-order valence-corrected chi connectivity index (χ2v) is 5.23. The van der Waals surface area contributed by atoms with Crippen LogP contribution in [0.25, 0.3) is 0 Å². The molecule has 1 aliphatic heterocycles. The summed E-state index contributed by atoms with van der Waals surface area (Å²) >= 11 is 0. The number of rotatable bonds is 2. The van der Waals surface area contributed by atoms with Crippen molar-refractivity contribution in [2.45, 2.75) is 57.2 Å². The average molecular weight is 212 g/mol. The molecule has 4 unspecified atom stereocenters. The Kier molecular flexibility index (Phi) is 3.65. The Balaban J connectivity index is 2.04. The van der Waals surface area contributed by atoms with Crippen LogP contribution in [-0.4, -0.2) is 41.3 Å². The molecular weight excluding hydrogens is 188 g/mol. The normalized spacial score (nSPS) is 43.4. The van der Waals surface area contributed by atoms with E-state index in [4.69, 9.17) is 5.73 Å². The van der Waals surface area contributed by atoms with Gasteiger partial charge in [0.05, 0.1) is 6.10 Å². The first-order valence-corrected chi connectivity index (χ1v) is 6.38. The molecule has 0 amide bonds. The molecule has 3 N–H and O–H groups in total. The number of aliphatic hydroxyl groups excluding tert-OH is 1. The number of hydrogen-bond acceptors (Lipinski definition) is 3. The first-order chi connectivity index (χ1) is 7.24. The number of nitrogens with zero attached hydrogens (tertiary/aromatic N) is 1. The Morgan fingerprint density at radius 2 is 2.07 bits per heavy atom. The molecule has 1 heterocycles. The lowest BCUT2D eigenvalue weighted by molar-refractivity contribution is 0.00790. The summed E-state index contributed by atoms with van der Waals surface area (Å²) < 4.78 is 0. The van der Waals surface area contributed by atoms with E-state index in [0.717, 1.165) is 25.9 Å². The lowest BCUT2D eigenvalue weighted by atomic mass is 9.89. The van der Waals surface area contributed by atoms with Crippen LogP contribution in [0.4, 0.5) is 0 Å². The lowest BCUT2D eigenvalue weighted by Crippen LogP contribution is -2.55. The number of piperidine rings is 1. The maximum atomic E-state index is 9.96. The molecule has 2 rings (SSSR count). The van der Waals surface area contributed by atoms with Gasteiger partial charge in [0.25, 0.3) is 0 Å². The fourth-order valence-electron chi connectivity index (χ4n) is 3.37. The molecular formula is C12H24N2O. The van der Waals surface area contributed by atoms with Crippen LogP contribution >= 0.6 is 0 Å². The average Bonchev–Trinajstić information content (AvgIpc) is 2.64. The van der Waals surface area contributed by atoms with Crippen molar-refractivity contribution >= 4 is 0 Å². The van der Waals surface area contributed by atoms with Gasteiger partial charge in [0.2, 0.25) is 0 Å². The van der Waals surface area contributed by atoms with Crippen molar-refractivity contribution in [2.75, 3.05) is 13.1 Å². The highest BCUT2D eigenvalue weighted by atomic mass is 16.3. The lowest BCUT2D eigenvalue weighted by Gasteiger charge is -2.44. The summed E-state index contributed by atoms with van der Waals surface area (Å²) in [5.41, 5.74) is 5.87. The summed E-state index contributed by atoms with van der Waals surface area (Å²) in [4.78, 5) is 2.49. The van der Waals surface area contributed by atoms with E-state index in [1.807, 2.05) is 0 Å². The van der Waals surface area contributed by atoms with E-state index in [2.05, 4.69) is 11.8 Å². The molecule has 88 valence electrons. The van der Waals surface area contributed by atoms with Crippen LogP contribution in [0.15, 0.2) is 0 Å². The van der Waals surface area contributed by atoms with Gasteiger partial charge in [-0.05, 0) is 44.6 Å². The van der Waals surface area contributed by atoms with Gasteiger partial charge >= 0.3 is 0 Å². The van der Waals surface area contributed by atoms with E-state index in [1.165, 1.54) is 19.3 Å². The summed E-state index contributed by atoms with van der Waals surface area (Å²) in [6.45, 7) is 4.17. The minimum absolute atomic E-state index is 0.107. The monoisotopic (exact) mass is 212 g/mol. The number of nitrogens with two attached hydrogens (primary N) is 1. The second-order valence-electron chi connectivity index (χ2n) is 5.23. The van der Waals surface area contributed by atoms with Gasteiger partial charge in [0.15, 0.2) is 0 Å². The van der Waals surface area contributed by atoms with E-state index >= 15 is 0 Å². The SMILES string of the molecule is CC1CCCN(C2CCCC2O)C1CN. The molecule has 0 aromatic rings. The number of aliphatic hydroxyl groups is 1. The van der Waals surface area contributed by atoms with Gasteiger partial charge < -0.3 is 10.8 Å². The van der Waals surface area contributed by atoms with Crippen LogP contribution in [0.3, 0.4) is 0 Å². The fourth-order valence-corrected chi connectivity index (χ4v) is 3.37. The minimum atomic E-state index is -0.107. The predicted molar refractivity (Wildman–Crippen MR) is 61.6 cm³/mol. The van der Waals surface area contributed by atoms with Crippen LogP contribution in [0.2, 0.25) is 0 Å². The molecule has 1 saturated carbocycles. The van der Waals surface area contributed by atoms with Crippen molar-refractivity contribution in [3.8, 4) is 0 Å². The van der Waals surface area contributed by atoms with Crippen molar-refractivity contribution in [2.24, 2.45) is 11.7 Å². The third-order valence-corrected chi connectivity index (χ3v) is 4.27. The Hall–Kier alpha value is -0.120. The zero-order valence-corrected chi connectivity index (χ0v) is 9.73. The molecule has 2 fully saturated rings. The third kappa shape index (κ3) is 2.19. The highest BCUT2D eigenvalue weighted by molar-refractivity contribution is 4.92. The largest absolute Gasteiger partial charge is 0.391 e. The van der Waals surface area contributed by atoms with E-state index in [0.29, 0.717) is 18.0 Å². The molecule has 3 heteroatoms. The van der Waals surface area contributed by atoms with Gasteiger partial charge in [-0.25, -0.2) is 0 Å². The molecule has 1 saturated heterocycles. The standard InChI is InChI=1S/C12H24N2O/c1-9-4-3-7-14(11(9)8-13)10-5-2-6-12(10)15/h9-12,15H,2-8,13H2,1H3. The zero-order chi connectivity index (χ0) is 10.8. The van der Waals surface area contributed by atoms with Gasteiger partial charge in [-0.3, -0.25) is 4.90 Å². The van der Waals surface area contributed by atoms with Gasteiger partial charge in [0, 0.05) is 18.6 Å². The van der Waals surface area contributed by atoms with Crippen LogP contribution in [0.5, 0.6) is 0 Å². The molecule has 4 atom stereocenters. The van der Waals surface area contributed by atoms with Crippen LogP contribution in [0, 0.1) is 5.92 Å².